The van der Waals surface area contributed by atoms with E-state index in [-0.39, 0.29) is 11.5 Å². The van der Waals surface area contributed by atoms with Gasteiger partial charge >= 0.3 is 0 Å². The van der Waals surface area contributed by atoms with E-state index in [1.165, 1.54) is 15.6 Å². The van der Waals surface area contributed by atoms with Gasteiger partial charge in [0, 0.05) is 13.1 Å². The smallest absolute Gasteiger partial charge is 0.275 e. The summed E-state index contributed by atoms with van der Waals surface area (Å²) in [5.41, 5.74) is -0.332. The topological polar surface area (TPSA) is 76.2 Å². The average Bonchev–Trinajstić information content (AvgIpc) is 3.08. The van der Waals surface area contributed by atoms with Crippen LogP contribution in [-0.4, -0.2) is 67.9 Å². The predicted octanol–water partition coefficient (Wildman–Crippen LogP) is 0.124. The second kappa shape index (κ2) is 5.49. The van der Waals surface area contributed by atoms with E-state index in [9.17, 15) is 13.2 Å². The first-order valence-electron chi connectivity index (χ1n) is 7.47. The molecule has 3 aliphatic heterocycles. The quantitative estimate of drug-likeness (QED) is 0.723. The van der Waals surface area contributed by atoms with Crippen molar-refractivity contribution in [2.24, 2.45) is 0 Å². The molecule has 8 heteroatoms. The SMILES string of the molecule is CS(=O)(=O)N1CCC2(CC[C@@H](C(=O)N3CCCO3)O2)CC1. The van der Waals surface area contributed by atoms with E-state index in [0.717, 1.165) is 12.8 Å². The van der Waals surface area contributed by atoms with E-state index in [0.29, 0.717) is 45.5 Å². The van der Waals surface area contributed by atoms with Crippen molar-refractivity contribution in [1.29, 1.82) is 0 Å². The van der Waals surface area contributed by atoms with E-state index in [2.05, 4.69) is 0 Å². The molecule has 3 aliphatic rings. The number of piperidine rings is 1. The van der Waals surface area contributed by atoms with Crippen LogP contribution >= 0.6 is 0 Å². The Kier molecular flexibility index (Phi) is 3.98. The highest BCUT2D eigenvalue weighted by molar-refractivity contribution is 7.88. The Labute approximate surface area is 125 Å². The zero-order valence-corrected chi connectivity index (χ0v) is 13.1. The van der Waals surface area contributed by atoms with Gasteiger partial charge in [-0.3, -0.25) is 9.63 Å². The maximum Gasteiger partial charge on any atom is 0.275 e. The molecule has 0 aliphatic carbocycles. The standard InChI is InChI=1S/C13H22N2O5S/c1-21(17,18)14-8-5-13(6-9-14)4-3-11(20-13)12(16)15-7-2-10-19-15/h11H,2-10H2,1H3/t11-/m0/s1. The number of rotatable bonds is 2. The fraction of sp³-hybridized carbons (Fsp3) is 0.923. The van der Waals surface area contributed by atoms with Crippen LogP contribution in [0.4, 0.5) is 0 Å². The van der Waals surface area contributed by atoms with Crippen molar-refractivity contribution in [1.82, 2.24) is 9.37 Å². The largest absolute Gasteiger partial charge is 0.362 e. The molecule has 7 nitrogen and oxygen atoms in total. The van der Waals surface area contributed by atoms with Gasteiger partial charge in [0.05, 0.1) is 25.0 Å². The Balaban J connectivity index is 1.58. The fourth-order valence-electron chi connectivity index (χ4n) is 3.36. The molecule has 1 atom stereocenters. The van der Waals surface area contributed by atoms with Gasteiger partial charge in [-0.25, -0.2) is 17.8 Å². The van der Waals surface area contributed by atoms with E-state index >= 15 is 0 Å². The molecule has 0 aromatic carbocycles. The molecule has 0 aromatic heterocycles. The first-order valence-corrected chi connectivity index (χ1v) is 9.32. The highest BCUT2D eigenvalue weighted by Gasteiger charge is 2.47. The van der Waals surface area contributed by atoms with E-state index in [1.54, 1.807) is 0 Å². The van der Waals surface area contributed by atoms with Crippen LogP contribution in [0.5, 0.6) is 0 Å². The number of nitrogens with zero attached hydrogens (tertiary/aromatic N) is 2. The summed E-state index contributed by atoms with van der Waals surface area (Å²) < 4.78 is 30.6. The Hall–Kier alpha value is -0.700. The number of carbonyl (C=O) groups excluding carboxylic acids is 1. The predicted molar refractivity (Wildman–Crippen MR) is 74.8 cm³/mol. The molecule has 0 bridgehead atoms. The van der Waals surface area contributed by atoms with Crippen molar-refractivity contribution >= 4 is 15.9 Å². The van der Waals surface area contributed by atoms with E-state index in [4.69, 9.17) is 9.57 Å². The van der Waals surface area contributed by atoms with E-state index in [1.807, 2.05) is 0 Å². The summed E-state index contributed by atoms with van der Waals surface area (Å²) in [6.45, 7) is 2.17. The number of sulfonamides is 1. The molecule has 3 fully saturated rings. The molecule has 0 aromatic rings. The number of ether oxygens (including phenoxy) is 1. The second-order valence-electron chi connectivity index (χ2n) is 6.12. The lowest BCUT2D eigenvalue weighted by atomic mass is 9.89. The molecule has 3 rings (SSSR count). The van der Waals surface area contributed by atoms with Crippen molar-refractivity contribution in [2.45, 2.75) is 43.8 Å². The van der Waals surface area contributed by atoms with Gasteiger partial charge in [-0.05, 0) is 32.1 Å². The summed E-state index contributed by atoms with van der Waals surface area (Å²) in [6, 6.07) is 0. The van der Waals surface area contributed by atoms with Gasteiger partial charge in [0.15, 0.2) is 0 Å². The summed E-state index contributed by atoms with van der Waals surface area (Å²) in [7, 11) is -3.13. The molecule has 120 valence electrons. The normalized spacial score (nSPS) is 30.1. The molecule has 21 heavy (non-hydrogen) atoms. The zero-order chi connectivity index (χ0) is 15.1. The van der Waals surface area contributed by atoms with Crippen molar-refractivity contribution in [3.05, 3.63) is 0 Å². The maximum absolute atomic E-state index is 12.3. The molecule has 1 amide bonds. The molecule has 0 saturated carbocycles. The van der Waals surface area contributed by atoms with Crippen LogP contribution in [0.15, 0.2) is 0 Å². The Morgan fingerprint density at radius 1 is 1.19 bits per heavy atom. The van der Waals surface area contributed by atoms with Gasteiger partial charge in [0.1, 0.15) is 6.10 Å². The van der Waals surface area contributed by atoms with Crippen molar-refractivity contribution in [3.63, 3.8) is 0 Å². The lowest BCUT2D eigenvalue weighted by Gasteiger charge is -2.38. The number of hydroxylamine groups is 2. The molecule has 3 heterocycles. The minimum Gasteiger partial charge on any atom is -0.362 e. The van der Waals surface area contributed by atoms with Crippen LogP contribution < -0.4 is 0 Å². The van der Waals surface area contributed by atoms with Gasteiger partial charge in [0.2, 0.25) is 10.0 Å². The molecular weight excluding hydrogens is 296 g/mol. The van der Waals surface area contributed by atoms with Gasteiger partial charge in [0.25, 0.3) is 5.91 Å². The van der Waals surface area contributed by atoms with Gasteiger partial charge in [-0.15, -0.1) is 0 Å². The van der Waals surface area contributed by atoms with Gasteiger partial charge in [-0.2, -0.15) is 0 Å². The van der Waals surface area contributed by atoms with E-state index < -0.39 is 16.1 Å². The van der Waals surface area contributed by atoms with Crippen molar-refractivity contribution in [3.8, 4) is 0 Å². The Bertz CT molecular complexity index is 507. The molecular formula is C13H22N2O5S. The maximum atomic E-state index is 12.3. The third-order valence-electron chi connectivity index (χ3n) is 4.63. The highest BCUT2D eigenvalue weighted by atomic mass is 32.2. The minimum absolute atomic E-state index is 0.0880. The first-order chi connectivity index (χ1) is 9.90. The van der Waals surface area contributed by atoms with Gasteiger partial charge < -0.3 is 4.74 Å². The molecule has 1 spiro atoms. The summed E-state index contributed by atoms with van der Waals surface area (Å²) >= 11 is 0. The number of amides is 1. The van der Waals surface area contributed by atoms with Crippen LogP contribution in [0.2, 0.25) is 0 Å². The van der Waals surface area contributed by atoms with Crippen LogP contribution in [0, 0.1) is 0 Å². The first kappa shape index (κ1) is 15.2. The minimum atomic E-state index is -3.13. The van der Waals surface area contributed by atoms with Crippen LogP contribution in [0.1, 0.15) is 32.1 Å². The second-order valence-corrected chi connectivity index (χ2v) is 8.10. The van der Waals surface area contributed by atoms with Gasteiger partial charge in [-0.1, -0.05) is 0 Å². The Morgan fingerprint density at radius 2 is 1.90 bits per heavy atom. The summed E-state index contributed by atoms with van der Waals surface area (Å²) in [6.07, 6.45) is 4.49. The van der Waals surface area contributed by atoms with Crippen LogP contribution in [-0.2, 0) is 24.4 Å². The molecule has 0 unspecified atom stereocenters. The molecule has 0 N–H and O–H groups in total. The molecule has 3 saturated heterocycles. The number of hydrogen-bond donors (Lipinski definition) is 0. The van der Waals surface area contributed by atoms with Crippen LogP contribution in [0.3, 0.4) is 0 Å². The monoisotopic (exact) mass is 318 g/mol. The average molecular weight is 318 g/mol. The fourth-order valence-corrected chi connectivity index (χ4v) is 4.21. The molecule has 0 radical (unpaired) electrons. The third kappa shape index (κ3) is 3.08. The zero-order valence-electron chi connectivity index (χ0n) is 12.3. The summed E-state index contributed by atoms with van der Waals surface area (Å²) in [5.74, 6) is -0.0880. The Morgan fingerprint density at radius 3 is 2.48 bits per heavy atom. The van der Waals surface area contributed by atoms with Crippen LogP contribution in [0.25, 0.3) is 0 Å². The summed E-state index contributed by atoms with van der Waals surface area (Å²) in [4.78, 5) is 17.5. The van der Waals surface area contributed by atoms with Crippen molar-refractivity contribution < 1.29 is 22.8 Å². The summed E-state index contributed by atoms with van der Waals surface area (Å²) in [5, 5.41) is 1.41. The van der Waals surface area contributed by atoms with Crippen molar-refractivity contribution in [2.75, 3.05) is 32.5 Å². The third-order valence-corrected chi connectivity index (χ3v) is 5.93. The highest BCUT2D eigenvalue weighted by Crippen LogP contribution is 2.40. The number of carbonyl (C=O) groups is 1. The lowest BCUT2D eigenvalue weighted by molar-refractivity contribution is -0.185. The number of hydrogen-bond acceptors (Lipinski definition) is 5. The lowest BCUT2D eigenvalue weighted by Crippen LogP contribution is -2.47.